The third kappa shape index (κ3) is 6.42. The fourth-order valence-electron chi connectivity index (χ4n) is 4.18. The molecule has 190 valence electrons. The molecule has 36 heavy (non-hydrogen) atoms. The van der Waals surface area contributed by atoms with Crippen LogP contribution in [0.5, 0.6) is 11.5 Å². The van der Waals surface area contributed by atoms with Gasteiger partial charge >= 0.3 is 0 Å². The smallest absolute Gasteiger partial charge is 0.153 e. The third-order valence-corrected chi connectivity index (χ3v) is 6.53. The molecule has 0 amide bonds. The van der Waals surface area contributed by atoms with Crippen LogP contribution in [0.1, 0.15) is 95.6 Å². The van der Waals surface area contributed by atoms with Crippen molar-refractivity contribution in [2.45, 2.75) is 79.4 Å². The Kier molecular flexibility index (Phi) is 8.08. The summed E-state index contributed by atoms with van der Waals surface area (Å²) in [5.74, 6) is 1.17. The Hall–Kier alpha value is -3.40. The molecule has 0 saturated heterocycles. The number of aldehydes is 2. The number of hydrogen-bond acceptors (Lipinski definition) is 4. The molecule has 0 heterocycles. The first-order valence-electron chi connectivity index (χ1n) is 12.4. The van der Waals surface area contributed by atoms with Crippen LogP contribution < -0.4 is 9.47 Å². The van der Waals surface area contributed by atoms with Crippen molar-refractivity contribution in [1.82, 2.24) is 0 Å². The molecule has 4 nitrogen and oxygen atoms in total. The van der Waals surface area contributed by atoms with Gasteiger partial charge in [0.1, 0.15) is 24.7 Å². The van der Waals surface area contributed by atoms with Gasteiger partial charge < -0.3 is 9.47 Å². The average Bonchev–Trinajstić information content (AvgIpc) is 2.80. The van der Waals surface area contributed by atoms with E-state index in [1.54, 1.807) is 0 Å². The standard InChI is InChI=1S/C32H38O4/c1-21-13-23(19-35-29-11-9-26(31(3,4)5)15-24(29)17-33)14-22(2)28(21)20-36-30-12-10-27(32(6,7)8)16-25(30)18-34/h9-18H,19-20H2,1-8H3. The van der Waals surface area contributed by atoms with Crippen LogP contribution >= 0.6 is 0 Å². The minimum atomic E-state index is -0.0392. The summed E-state index contributed by atoms with van der Waals surface area (Å²) in [6.45, 7) is 17.6. The van der Waals surface area contributed by atoms with Gasteiger partial charge in [-0.2, -0.15) is 0 Å². The first-order chi connectivity index (χ1) is 16.8. The van der Waals surface area contributed by atoms with Crippen molar-refractivity contribution in [3.8, 4) is 11.5 Å². The second-order valence-electron chi connectivity index (χ2n) is 11.5. The number of hydrogen-bond donors (Lipinski definition) is 0. The Morgan fingerprint density at radius 1 is 0.639 bits per heavy atom. The normalized spacial score (nSPS) is 11.8. The molecular formula is C32H38O4. The zero-order chi connectivity index (χ0) is 26.7. The van der Waals surface area contributed by atoms with E-state index in [0.29, 0.717) is 35.8 Å². The van der Waals surface area contributed by atoms with E-state index >= 15 is 0 Å². The zero-order valence-electron chi connectivity index (χ0n) is 22.8. The topological polar surface area (TPSA) is 52.6 Å². The van der Waals surface area contributed by atoms with Crippen LogP contribution in [0.3, 0.4) is 0 Å². The first-order valence-corrected chi connectivity index (χ1v) is 12.4. The van der Waals surface area contributed by atoms with Crippen molar-refractivity contribution >= 4 is 12.6 Å². The van der Waals surface area contributed by atoms with E-state index in [-0.39, 0.29) is 10.8 Å². The molecule has 0 fully saturated rings. The van der Waals surface area contributed by atoms with Gasteiger partial charge in [0.2, 0.25) is 0 Å². The van der Waals surface area contributed by atoms with Gasteiger partial charge in [-0.3, -0.25) is 9.59 Å². The van der Waals surface area contributed by atoms with Gasteiger partial charge in [0.15, 0.2) is 12.6 Å². The Morgan fingerprint density at radius 3 is 1.44 bits per heavy atom. The maximum Gasteiger partial charge on any atom is 0.153 e. The predicted molar refractivity (Wildman–Crippen MR) is 146 cm³/mol. The summed E-state index contributed by atoms with van der Waals surface area (Å²) in [6, 6.07) is 15.8. The highest BCUT2D eigenvalue weighted by Gasteiger charge is 2.18. The van der Waals surface area contributed by atoms with Crippen LogP contribution in [0.15, 0.2) is 48.5 Å². The summed E-state index contributed by atoms with van der Waals surface area (Å²) in [7, 11) is 0. The Bertz CT molecular complexity index is 1230. The molecular weight excluding hydrogens is 448 g/mol. The van der Waals surface area contributed by atoms with E-state index in [4.69, 9.17) is 9.47 Å². The molecule has 0 aromatic heterocycles. The van der Waals surface area contributed by atoms with Gasteiger partial charge in [-0.25, -0.2) is 0 Å². The van der Waals surface area contributed by atoms with Crippen LogP contribution in [0.4, 0.5) is 0 Å². The summed E-state index contributed by atoms with van der Waals surface area (Å²) in [5, 5.41) is 0. The second kappa shape index (κ2) is 10.7. The summed E-state index contributed by atoms with van der Waals surface area (Å²) in [4.78, 5) is 23.3. The van der Waals surface area contributed by atoms with Gasteiger partial charge in [0, 0.05) is 0 Å². The average molecular weight is 487 g/mol. The lowest BCUT2D eigenvalue weighted by Gasteiger charge is -2.21. The molecule has 0 unspecified atom stereocenters. The Morgan fingerprint density at radius 2 is 1.06 bits per heavy atom. The van der Waals surface area contributed by atoms with Crippen molar-refractivity contribution in [2.24, 2.45) is 0 Å². The highest BCUT2D eigenvalue weighted by Crippen LogP contribution is 2.30. The van der Waals surface area contributed by atoms with E-state index in [0.717, 1.165) is 46.0 Å². The highest BCUT2D eigenvalue weighted by atomic mass is 16.5. The quantitative estimate of drug-likeness (QED) is 0.306. The molecule has 0 radical (unpaired) electrons. The molecule has 0 saturated carbocycles. The fourth-order valence-corrected chi connectivity index (χ4v) is 4.18. The van der Waals surface area contributed by atoms with Crippen molar-refractivity contribution in [3.63, 3.8) is 0 Å². The maximum absolute atomic E-state index is 11.7. The minimum absolute atomic E-state index is 0.0382. The highest BCUT2D eigenvalue weighted by molar-refractivity contribution is 5.80. The van der Waals surface area contributed by atoms with Crippen molar-refractivity contribution in [3.05, 3.63) is 93.0 Å². The van der Waals surface area contributed by atoms with Crippen LogP contribution in [-0.4, -0.2) is 12.6 Å². The van der Waals surface area contributed by atoms with Gasteiger partial charge in [-0.05, 0) is 82.3 Å². The van der Waals surface area contributed by atoms with E-state index < -0.39 is 0 Å². The molecule has 0 aliphatic carbocycles. The van der Waals surface area contributed by atoms with Gasteiger partial charge in [0.05, 0.1) is 11.1 Å². The van der Waals surface area contributed by atoms with Crippen molar-refractivity contribution in [2.75, 3.05) is 0 Å². The number of aryl methyl sites for hydroxylation is 2. The molecule has 0 aliphatic rings. The summed E-state index contributed by atoms with van der Waals surface area (Å²) < 4.78 is 12.1. The predicted octanol–water partition coefficient (Wildman–Crippen LogP) is 7.68. The van der Waals surface area contributed by atoms with E-state index in [9.17, 15) is 9.59 Å². The van der Waals surface area contributed by atoms with E-state index in [1.165, 1.54) is 0 Å². The third-order valence-electron chi connectivity index (χ3n) is 6.53. The lowest BCUT2D eigenvalue weighted by molar-refractivity contribution is 0.111. The number of carbonyl (C=O) groups excluding carboxylic acids is 2. The largest absolute Gasteiger partial charge is 0.488 e. The first kappa shape index (κ1) is 27.2. The van der Waals surface area contributed by atoms with Gasteiger partial charge in [-0.15, -0.1) is 0 Å². The summed E-state index contributed by atoms with van der Waals surface area (Å²) in [6.07, 6.45) is 1.70. The second-order valence-corrected chi connectivity index (χ2v) is 11.5. The molecule has 0 N–H and O–H groups in total. The Balaban J connectivity index is 1.74. The van der Waals surface area contributed by atoms with Crippen LogP contribution in [0.25, 0.3) is 0 Å². The zero-order valence-corrected chi connectivity index (χ0v) is 22.8. The number of rotatable bonds is 8. The SMILES string of the molecule is Cc1cc(COc2ccc(C(C)(C)C)cc2C=O)cc(C)c1COc1ccc(C(C)(C)C)cc1C=O. The molecule has 4 heteroatoms. The lowest BCUT2D eigenvalue weighted by atomic mass is 9.86. The number of carbonyl (C=O) groups is 2. The molecule has 3 aromatic carbocycles. The molecule has 0 spiro atoms. The van der Waals surface area contributed by atoms with Crippen molar-refractivity contribution < 1.29 is 19.1 Å². The van der Waals surface area contributed by atoms with Crippen molar-refractivity contribution in [1.29, 1.82) is 0 Å². The summed E-state index contributed by atoms with van der Waals surface area (Å²) >= 11 is 0. The lowest BCUT2D eigenvalue weighted by Crippen LogP contribution is -2.12. The molecule has 3 rings (SSSR count). The molecule has 0 bridgehead atoms. The number of benzene rings is 3. The molecule has 0 aliphatic heterocycles. The van der Waals surface area contributed by atoms with Gasteiger partial charge in [-0.1, -0.05) is 65.8 Å². The fraction of sp³-hybridized carbons (Fsp3) is 0.375. The minimum Gasteiger partial charge on any atom is -0.488 e. The maximum atomic E-state index is 11.7. The monoisotopic (exact) mass is 486 g/mol. The molecule has 3 aromatic rings. The Labute approximate surface area is 215 Å². The van der Waals surface area contributed by atoms with Gasteiger partial charge in [0.25, 0.3) is 0 Å². The van der Waals surface area contributed by atoms with E-state index in [1.807, 2.05) is 50.2 Å². The number of ether oxygens (including phenoxy) is 2. The molecule has 0 atom stereocenters. The van der Waals surface area contributed by atoms with Crippen LogP contribution in [0, 0.1) is 13.8 Å². The summed E-state index contributed by atoms with van der Waals surface area (Å²) in [5.41, 5.74) is 7.52. The van der Waals surface area contributed by atoms with Crippen LogP contribution in [-0.2, 0) is 24.0 Å². The van der Waals surface area contributed by atoms with E-state index in [2.05, 4.69) is 53.7 Å². The van der Waals surface area contributed by atoms with Crippen LogP contribution in [0.2, 0.25) is 0 Å².